The highest BCUT2D eigenvalue weighted by molar-refractivity contribution is 7.89. The highest BCUT2D eigenvalue weighted by Gasteiger charge is 2.30. The second-order valence-corrected chi connectivity index (χ2v) is 8.27. The van der Waals surface area contributed by atoms with Crippen LogP contribution in [0.3, 0.4) is 0 Å². The van der Waals surface area contributed by atoms with E-state index < -0.39 is 32.2 Å². The lowest BCUT2D eigenvalue weighted by molar-refractivity contribution is 0.0729. The maximum atomic E-state index is 14.1. The summed E-state index contributed by atoms with van der Waals surface area (Å²) in [5.41, 5.74) is -0.373. The van der Waals surface area contributed by atoms with Crippen LogP contribution in [0.2, 0.25) is 0 Å². The van der Waals surface area contributed by atoms with Gasteiger partial charge < -0.3 is 10.1 Å². The van der Waals surface area contributed by atoms with Crippen molar-refractivity contribution in [2.24, 2.45) is 0 Å². The molecule has 0 aromatic heterocycles. The van der Waals surface area contributed by atoms with Gasteiger partial charge in [-0.15, -0.1) is 0 Å². The maximum absolute atomic E-state index is 14.1. The second-order valence-electron chi connectivity index (χ2n) is 6.37. The minimum atomic E-state index is -3.99. The zero-order valence-corrected chi connectivity index (χ0v) is 14.2. The SMILES string of the molecule is CC(C)(C)NC(=O)c1ccc(F)c(S(=O)(=O)N2CCOCC2)c1. The Morgan fingerprint density at radius 3 is 2.43 bits per heavy atom. The number of hydrogen-bond acceptors (Lipinski definition) is 4. The highest BCUT2D eigenvalue weighted by Crippen LogP contribution is 2.22. The number of halogens is 1. The number of nitrogens with one attached hydrogen (secondary N) is 1. The Bertz CT molecular complexity index is 692. The third-order valence-electron chi connectivity index (χ3n) is 3.27. The van der Waals surface area contributed by atoms with Crippen molar-refractivity contribution in [3.8, 4) is 0 Å². The zero-order chi connectivity index (χ0) is 17.3. The van der Waals surface area contributed by atoms with Crippen LogP contribution in [0, 0.1) is 5.82 Å². The van der Waals surface area contributed by atoms with Crippen LogP contribution < -0.4 is 5.32 Å². The Kier molecular flexibility index (Phi) is 5.07. The van der Waals surface area contributed by atoms with Gasteiger partial charge in [-0.2, -0.15) is 4.31 Å². The molecule has 1 aliphatic heterocycles. The van der Waals surface area contributed by atoms with Crippen molar-refractivity contribution in [1.82, 2.24) is 9.62 Å². The molecule has 6 nitrogen and oxygen atoms in total. The van der Waals surface area contributed by atoms with Crippen LogP contribution in [0.1, 0.15) is 31.1 Å². The van der Waals surface area contributed by atoms with E-state index in [-0.39, 0.29) is 31.9 Å². The lowest BCUT2D eigenvalue weighted by Crippen LogP contribution is -2.41. The van der Waals surface area contributed by atoms with E-state index in [1.54, 1.807) is 20.8 Å². The van der Waals surface area contributed by atoms with Crippen molar-refractivity contribution in [3.63, 3.8) is 0 Å². The molecule has 128 valence electrons. The molecule has 1 aromatic rings. The summed E-state index contributed by atoms with van der Waals surface area (Å²) < 4.78 is 45.5. The van der Waals surface area contributed by atoms with Crippen LogP contribution in [-0.2, 0) is 14.8 Å². The number of nitrogens with zero attached hydrogens (tertiary/aromatic N) is 1. The summed E-state index contributed by atoms with van der Waals surface area (Å²) in [5.74, 6) is -1.32. The topological polar surface area (TPSA) is 75.7 Å². The standard InChI is InChI=1S/C15H21FN2O4S/c1-15(2,3)17-14(19)11-4-5-12(16)13(10-11)23(20,21)18-6-8-22-9-7-18/h4-5,10H,6-9H2,1-3H3,(H,17,19). The fourth-order valence-electron chi connectivity index (χ4n) is 2.18. The minimum Gasteiger partial charge on any atom is -0.379 e. The van der Waals surface area contributed by atoms with E-state index in [9.17, 15) is 17.6 Å². The lowest BCUT2D eigenvalue weighted by Gasteiger charge is -2.26. The first-order valence-corrected chi connectivity index (χ1v) is 8.75. The Morgan fingerprint density at radius 1 is 1.26 bits per heavy atom. The predicted molar refractivity (Wildman–Crippen MR) is 83.2 cm³/mol. The molecular weight excluding hydrogens is 323 g/mol. The van der Waals surface area contributed by atoms with E-state index in [1.165, 1.54) is 10.4 Å². The summed E-state index contributed by atoms with van der Waals surface area (Å²) in [6, 6.07) is 3.36. The van der Waals surface area contributed by atoms with E-state index in [1.807, 2.05) is 0 Å². The number of rotatable bonds is 3. The smallest absolute Gasteiger partial charge is 0.251 e. The van der Waals surface area contributed by atoms with Crippen LogP contribution in [0.15, 0.2) is 23.1 Å². The zero-order valence-electron chi connectivity index (χ0n) is 13.4. The third kappa shape index (κ3) is 4.27. The maximum Gasteiger partial charge on any atom is 0.251 e. The van der Waals surface area contributed by atoms with Crippen LogP contribution in [0.25, 0.3) is 0 Å². The van der Waals surface area contributed by atoms with Gasteiger partial charge in [-0.1, -0.05) is 0 Å². The molecule has 0 aliphatic carbocycles. The molecule has 1 N–H and O–H groups in total. The Balaban J connectivity index is 2.35. The number of ether oxygens (including phenoxy) is 1. The van der Waals surface area contributed by atoms with E-state index in [0.29, 0.717) is 0 Å². The molecule has 0 atom stereocenters. The molecule has 0 spiro atoms. The van der Waals surface area contributed by atoms with E-state index >= 15 is 0 Å². The van der Waals surface area contributed by atoms with E-state index in [0.717, 1.165) is 12.1 Å². The molecule has 1 fully saturated rings. The van der Waals surface area contributed by atoms with Gasteiger partial charge in [-0.25, -0.2) is 12.8 Å². The van der Waals surface area contributed by atoms with E-state index in [4.69, 9.17) is 4.74 Å². The molecule has 0 saturated carbocycles. The molecule has 1 aromatic carbocycles. The molecule has 2 rings (SSSR count). The van der Waals surface area contributed by atoms with Gasteiger partial charge in [0.2, 0.25) is 10.0 Å². The summed E-state index contributed by atoms with van der Waals surface area (Å²) in [6.07, 6.45) is 0. The van der Waals surface area contributed by atoms with Gasteiger partial charge in [-0.05, 0) is 39.0 Å². The molecule has 8 heteroatoms. The quantitative estimate of drug-likeness (QED) is 0.899. The predicted octanol–water partition coefficient (Wildman–Crippen LogP) is 1.37. The fourth-order valence-corrected chi connectivity index (χ4v) is 3.68. The van der Waals surface area contributed by atoms with Crippen molar-refractivity contribution in [2.45, 2.75) is 31.2 Å². The van der Waals surface area contributed by atoms with Crippen LogP contribution >= 0.6 is 0 Å². The Morgan fingerprint density at radius 2 is 1.87 bits per heavy atom. The van der Waals surface area contributed by atoms with Gasteiger partial charge in [0.1, 0.15) is 10.7 Å². The number of benzene rings is 1. The lowest BCUT2D eigenvalue weighted by atomic mass is 10.1. The molecule has 23 heavy (non-hydrogen) atoms. The molecule has 1 amide bonds. The number of morpholine rings is 1. The first-order chi connectivity index (χ1) is 10.6. The van der Waals surface area contributed by atoms with Crippen molar-refractivity contribution in [3.05, 3.63) is 29.6 Å². The van der Waals surface area contributed by atoms with Gasteiger partial charge in [0, 0.05) is 24.2 Å². The average Bonchev–Trinajstić information content (AvgIpc) is 2.46. The molecule has 1 saturated heterocycles. The average molecular weight is 344 g/mol. The molecule has 0 bridgehead atoms. The van der Waals surface area contributed by atoms with Crippen LogP contribution in [-0.4, -0.2) is 50.5 Å². The van der Waals surface area contributed by atoms with Gasteiger partial charge >= 0.3 is 0 Å². The van der Waals surface area contributed by atoms with Gasteiger partial charge in [0.15, 0.2) is 0 Å². The number of carbonyl (C=O) groups is 1. The summed E-state index contributed by atoms with van der Waals surface area (Å²) in [7, 11) is -3.99. The van der Waals surface area contributed by atoms with E-state index in [2.05, 4.69) is 5.32 Å². The van der Waals surface area contributed by atoms with Crippen molar-refractivity contribution >= 4 is 15.9 Å². The minimum absolute atomic E-state index is 0.105. The summed E-state index contributed by atoms with van der Waals surface area (Å²) in [4.78, 5) is 11.7. The largest absolute Gasteiger partial charge is 0.379 e. The van der Waals surface area contributed by atoms with Crippen molar-refractivity contribution in [1.29, 1.82) is 0 Å². The van der Waals surface area contributed by atoms with Crippen molar-refractivity contribution in [2.75, 3.05) is 26.3 Å². The number of amides is 1. The van der Waals surface area contributed by atoms with Crippen molar-refractivity contribution < 1.29 is 22.3 Å². The number of carbonyl (C=O) groups excluding carboxylic acids is 1. The molecule has 0 radical (unpaired) electrons. The van der Waals surface area contributed by atoms with Crippen LogP contribution in [0.5, 0.6) is 0 Å². The highest BCUT2D eigenvalue weighted by atomic mass is 32.2. The monoisotopic (exact) mass is 344 g/mol. The molecule has 1 heterocycles. The van der Waals surface area contributed by atoms with Gasteiger partial charge in [-0.3, -0.25) is 4.79 Å². The first kappa shape index (κ1) is 17.8. The summed E-state index contributed by atoms with van der Waals surface area (Å²) in [6.45, 7) is 6.29. The molecular formula is C15H21FN2O4S. The van der Waals surface area contributed by atoms with Crippen LogP contribution in [0.4, 0.5) is 4.39 Å². The Labute approximate surface area is 135 Å². The normalized spacial score (nSPS) is 17.0. The molecule has 1 aliphatic rings. The number of sulfonamides is 1. The Hall–Kier alpha value is -1.51. The first-order valence-electron chi connectivity index (χ1n) is 7.31. The summed E-state index contributed by atoms with van der Waals surface area (Å²) in [5, 5.41) is 2.72. The summed E-state index contributed by atoms with van der Waals surface area (Å²) >= 11 is 0. The third-order valence-corrected chi connectivity index (χ3v) is 5.18. The second kappa shape index (κ2) is 6.54. The van der Waals surface area contributed by atoms with Gasteiger partial charge in [0.25, 0.3) is 5.91 Å². The fraction of sp³-hybridized carbons (Fsp3) is 0.533. The number of hydrogen-bond donors (Lipinski definition) is 1. The molecule has 0 unspecified atom stereocenters. The van der Waals surface area contributed by atoms with Gasteiger partial charge in [0.05, 0.1) is 13.2 Å².